The summed E-state index contributed by atoms with van der Waals surface area (Å²) in [6.45, 7) is 3.30. The van der Waals surface area contributed by atoms with E-state index in [-0.39, 0.29) is 6.10 Å². The van der Waals surface area contributed by atoms with Gasteiger partial charge >= 0.3 is 5.69 Å². The van der Waals surface area contributed by atoms with Crippen LogP contribution in [0.25, 0.3) is 11.2 Å². The molecule has 3 heterocycles. The summed E-state index contributed by atoms with van der Waals surface area (Å²) in [5.41, 5.74) is -0.0115. The Bertz CT molecular complexity index is 721. The van der Waals surface area contributed by atoms with E-state index in [9.17, 15) is 9.59 Å². The fraction of sp³-hybridized carbons (Fsp3) is 0.615. The first-order chi connectivity index (χ1) is 9.69. The third kappa shape index (κ3) is 2.29. The molecular formula is C13H18N4O3. The molecule has 0 aliphatic carbocycles. The van der Waals surface area contributed by atoms with Crippen molar-refractivity contribution in [2.24, 2.45) is 0 Å². The third-order valence-electron chi connectivity index (χ3n) is 3.57. The Morgan fingerprint density at radius 3 is 2.95 bits per heavy atom. The largest absolute Gasteiger partial charge is 0.378 e. The van der Waals surface area contributed by atoms with Crippen molar-refractivity contribution in [1.29, 1.82) is 0 Å². The molecule has 0 bridgehead atoms. The number of aryl methyl sites for hydroxylation is 1. The van der Waals surface area contributed by atoms with Gasteiger partial charge in [-0.05, 0) is 19.3 Å². The van der Waals surface area contributed by atoms with Crippen molar-refractivity contribution in [3.63, 3.8) is 0 Å². The Balaban J connectivity index is 2.04. The normalized spacial score (nSPS) is 18.9. The van der Waals surface area contributed by atoms with Crippen LogP contribution in [0.3, 0.4) is 0 Å². The van der Waals surface area contributed by atoms with E-state index in [4.69, 9.17) is 4.74 Å². The first-order valence-electron chi connectivity index (χ1n) is 7.02. The minimum Gasteiger partial charge on any atom is -0.378 e. The van der Waals surface area contributed by atoms with Crippen molar-refractivity contribution < 1.29 is 4.74 Å². The summed E-state index contributed by atoms with van der Waals surface area (Å²) in [7, 11) is 0. The molecule has 20 heavy (non-hydrogen) atoms. The van der Waals surface area contributed by atoms with Crippen molar-refractivity contribution in [3.8, 4) is 0 Å². The monoisotopic (exact) mass is 278 g/mol. The van der Waals surface area contributed by atoms with Gasteiger partial charge in [-0.1, -0.05) is 6.92 Å². The van der Waals surface area contributed by atoms with Crippen LogP contribution in [0, 0.1) is 0 Å². The summed E-state index contributed by atoms with van der Waals surface area (Å²) in [6, 6.07) is 0. The predicted molar refractivity (Wildman–Crippen MR) is 73.9 cm³/mol. The Hall–Kier alpha value is -1.89. The lowest BCUT2D eigenvalue weighted by Gasteiger charge is -2.05. The highest BCUT2D eigenvalue weighted by molar-refractivity contribution is 5.69. The number of ether oxygens (including phenoxy) is 1. The minimum atomic E-state index is -0.413. The second-order valence-electron chi connectivity index (χ2n) is 5.13. The van der Waals surface area contributed by atoms with Gasteiger partial charge < -0.3 is 9.72 Å². The number of fused-ring (bicyclic) bond motifs is 1. The van der Waals surface area contributed by atoms with E-state index in [1.54, 1.807) is 0 Å². The average molecular weight is 278 g/mol. The SMILES string of the molecule is CCCn1c(=O)[nH]c(=O)c2[nH]c(CC3CCCO3)nc21. The topological polar surface area (TPSA) is 92.8 Å². The highest BCUT2D eigenvalue weighted by Gasteiger charge is 2.19. The van der Waals surface area contributed by atoms with Crippen LogP contribution in [0.4, 0.5) is 0 Å². The molecule has 0 amide bonds. The van der Waals surface area contributed by atoms with E-state index >= 15 is 0 Å². The molecular weight excluding hydrogens is 260 g/mol. The number of rotatable bonds is 4. The van der Waals surface area contributed by atoms with Crippen LogP contribution >= 0.6 is 0 Å². The zero-order chi connectivity index (χ0) is 14.1. The molecule has 2 aromatic heterocycles. The lowest BCUT2D eigenvalue weighted by atomic mass is 10.2. The fourth-order valence-electron chi connectivity index (χ4n) is 2.64. The smallest absolute Gasteiger partial charge is 0.330 e. The van der Waals surface area contributed by atoms with Crippen molar-refractivity contribution >= 4 is 11.2 Å². The Morgan fingerprint density at radius 2 is 2.25 bits per heavy atom. The molecule has 108 valence electrons. The molecule has 1 aliphatic heterocycles. The Kier molecular flexibility index (Phi) is 3.43. The highest BCUT2D eigenvalue weighted by Crippen LogP contribution is 2.16. The number of nitrogens with zero attached hydrogens (tertiary/aromatic N) is 2. The summed E-state index contributed by atoms with van der Waals surface area (Å²) in [5, 5.41) is 0. The molecule has 1 saturated heterocycles. The van der Waals surface area contributed by atoms with Gasteiger partial charge in [0.1, 0.15) is 11.3 Å². The van der Waals surface area contributed by atoms with Crippen LogP contribution in [0.5, 0.6) is 0 Å². The maximum absolute atomic E-state index is 11.8. The number of nitrogens with one attached hydrogen (secondary N) is 2. The molecule has 1 fully saturated rings. The molecule has 3 rings (SSSR count). The molecule has 0 spiro atoms. The number of aromatic nitrogens is 4. The quantitative estimate of drug-likeness (QED) is 0.854. The zero-order valence-corrected chi connectivity index (χ0v) is 11.4. The minimum absolute atomic E-state index is 0.154. The van der Waals surface area contributed by atoms with Gasteiger partial charge in [-0.15, -0.1) is 0 Å². The van der Waals surface area contributed by atoms with Gasteiger partial charge in [-0.2, -0.15) is 0 Å². The third-order valence-corrected chi connectivity index (χ3v) is 3.57. The fourth-order valence-corrected chi connectivity index (χ4v) is 2.64. The van der Waals surface area contributed by atoms with E-state index in [1.807, 2.05) is 6.92 Å². The van der Waals surface area contributed by atoms with Crippen LogP contribution in [-0.4, -0.2) is 32.2 Å². The van der Waals surface area contributed by atoms with Crippen LogP contribution in [0.1, 0.15) is 32.0 Å². The van der Waals surface area contributed by atoms with Gasteiger partial charge in [0.05, 0.1) is 6.10 Å². The highest BCUT2D eigenvalue weighted by atomic mass is 16.5. The van der Waals surface area contributed by atoms with E-state index in [1.165, 1.54) is 4.57 Å². The molecule has 7 heteroatoms. The standard InChI is InChI=1S/C13H18N4O3/c1-2-5-17-11-10(12(18)16-13(17)19)14-9(15-11)7-8-4-3-6-20-8/h8H,2-7H2,1H3,(H,14,15)(H,16,18,19). The van der Waals surface area contributed by atoms with Crippen molar-refractivity contribution in [2.75, 3.05) is 6.61 Å². The van der Waals surface area contributed by atoms with Gasteiger partial charge in [0, 0.05) is 19.6 Å². The van der Waals surface area contributed by atoms with E-state index in [0.717, 1.165) is 25.9 Å². The summed E-state index contributed by atoms with van der Waals surface area (Å²) >= 11 is 0. The van der Waals surface area contributed by atoms with Crippen molar-refractivity contribution in [2.45, 2.75) is 45.3 Å². The maximum Gasteiger partial charge on any atom is 0.330 e. The summed E-state index contributed by atoms with van der Waals surface area (Å²) in [5.74, 6) is 0.702. The van der Waals surface area contributed by atoms with Crippen molar-refractivity contribution in [3.05, 3.63) is 26.7 Å². The van der Waals surface area contributed by atoms with Gasteiger partial charge in [0.2, 0.25) is 0 Å². The van der Waals surface area contributed by atoms with Crippen molar-refractivity contribution in [1.82, 2.24) is 19.5 Å². The number of imidazole rings is 1. The first-order valence-corrected chi connectivity index (χ1v) is 7.02. The molecule has 0 saturated carbocycles. The lowest BCUT2D eigenvalue weighted by molar-refractivity contribution is 0.110. The molecule has 0 radical (unpaired) electrons. The molecule has 7 nitrogen and oxygen atoms in total. The summed E-state index contributed by atoms with van der Waals surface area (Å²) in [4.78, 5) is 33.4. The maximum atomic E-state index is 11.8. The van der Waals surface area contributed by atoms with Crippen LogP contribution in [0.15, 0.2) is 9.59 Å². The number of H-pyrrole nitrogens is 2. The van der Waals surface area contributed by atoms with Gasteiger partial charge in [-0.25, -0.2) is 9.78 Å². The molecule has 1 unspecified atom stereocenters. The van der Waals surface area contributed by atoms with Crippen LogP contribution in [0.2, 0.25) is 0 Å². The summed E-state index contributed by atoms with van der Waals surface area (Å²) in [6.07, 6.45) is 3.67. The first kappa shape index (κ1) is 13.1. The molecule has 1 aliphatic rings. The van der Waals surface area contributed by atoms with Gasteiger partial charge in [-0.3, -0.25) is 14.3 Å². The predicted octanol–water partition coefficient (Wildman–Crippen LogP) is 0.544. The number of hydrogen-bond donors (Lipinski definition) is 2. The molecule has 0 aromatic carbocycles. The zero-order valence-electron chi connectivity index (χ0n) is 11.4. The van der Waals surface area contributed by atoms with E-state index in [2.05, 4.69) is 15.0 Å². The molecule has 2 aromatic rings. The van der Waals surface area contributed by atoms with E-state index in [0.29, 0.717) is 30.0 Å². The lowest BCUT2D eigenvalue weighted by Crippen LogP contribution is -2.30. The average Bonchev–Trinajstić information content (AvgIpc) is 3.04. The van der Waals surface area contributed by atoms with E-state index < -0.39 is 11.2 Å². The van der Waals surface area contributed by atoms with Gasteiger partial charge in [0.25, 0.3) is 5.56 Å². The Labute approximate surface area is 115 Å². The molecule has 2 N–H and O–H groups in total. The molecule has 1 atom stereocenters. The number of aromatic amines is 2. The second kappa shape index (κ2) is 5.24. The number of hydrogen-bond acceptors (Lipinski definition) is 4. The second-order valence-corrected chi connectivity index (χ2v) is 5.13. The Morgan fingerprint density at radius 1 is 1.40 bits per heavy atom. The summed E-state index contributed by atoms with van der Waals surface area (Å²) < 4.78 is 7.08. The van der Waals surface area contributed by atoms with Crippen LogP contribution < -0.4 is 11.2 Å². The van der Waals surface area contributed by atoms with Gasteiger partial charge in [0.15, 0.2) is 5.65 Å². The van der Waals surface area contributed by atoms with Crippen LogP contribution in [-0.2, 0) is 17.7 Å².